The summed E-state index contributed by atoms with van der Waals surface area (Å²) >= 11 is 0. The first-order valence-corrected chi connectivity index (χ1v) is 6.66. The highest BCUT2D eigenvalue weighted by Gasteiger charge is 2.18. The number of nitrogens with zero attached hydrogens (tertiary/aromatic N) is 2. The number of alkyl halides is 2. The van der Waals surface area contributed by atoms with Crippen LogP contribution < -0.4 is 4.72 Å². The molecule has 0 aromatic carbocycles. The second kappa shape index (κ2) is 7.08. The first-order chi connectivity index (χ1) is 8.97. The largest absolute Gasteiger partial charge is 0.374 e. The molecule has 0 aliphatic rings. The summed E-state index contributed by atoms with van der Waals surface area (Å²) in [7, 11) is -3.91. The molecular weight excluding hydrogens is 280 g/mol. The van der Waals surface area contributed by atoms with Crippen LogP contribution in [0.3, 0.4) is 0 Å². The lowest BCUT2D eigenvalue weighted by molar-refractivity contribution is 0.0199. The van der Waals surface area contributed by atoms with Crippen molar-refractivity contribution in [3.05, 3.63) is 24.0 Å². The van der Waals surface area contributed by atoms with Crippen molar-refractivity contribution >= 4 is 10.0 Å². The van der Waals surface area contributed by atoms with Gasteiger partial charge in [-0.3, -0.25) is 0 Å². The van der Waals surface area contributed by atoms with Gasteiger partial charge in [-0.2, -0.15) is 5.26 Å². The molecule has 1 aromatic heterocycles. The molecule has 104 valence electrons. The SMILES string of the molecule is N#Cc1ncccc1S(=O)(=O)NCCOCC(F)F. The molecule has 9 heteroatoms. The number of ether oxygens (including phenoxy) is 1. The Balaban J connectivity index is 2.60. The van der Waals surface area contributed by atoms with Crippen molar-refractivity contribution in [3.63, 3.8) is 0 Å². The van der Waals surface area contributed by atoms with Crippen LogP contribution >= 0.6 is 0 Å². The van der Waals surface area contributed by atoms with Crippen LogP contribution in [0.5, 0.6) is 0 Å². The normalized spacial score (nSPS) is 11.5. The summed E-state index contributed by atoms with van der Waals surface area (Å²) in [6.07, 6.45) is -1.30. The van der Waals surface area contributed by atoms with Gasteiger partial charge in [0.15, 0.2) is 5.69 Å². The zero-order valence-corrected chi connectivity index (χ0v) is 10.5. The van der Waals surface area contributed by atoms with E-state index in [0.29, 0.717) is 0 Å². The molecule has 0 bridgehead atoms. The summed E-state index contributed by atoms with van der Waals surface area (Å²) in [6.45, 7) is -1.11. The van der Waals surface area contributed by atoms with E-state index in [2.05, 4.69) is 14.4 Å². The summed E-state index contributed by atoms with van der Waals surface area (Å²) in [4.78, 5) is 3.36. The molecule has 0 atom stereocenters. The van der Waals surface area contributed by atoms with Gasteiger partial charge in [-0.25, -0.2) is 26.9 Å². The standard InChI is InChI=1S/C10H11F2N3O3S/c11-10(12)7-18-5-4-15-19(16,17)9-2-1-3-14-8(9)6-13/h1-3,10,15H,4-5,7H2. The van der Waals surface area contributed by atoms with Gasteiger partial charge < -0.3 is 4.74 Å². The van der Waals surface area contributed by atoms with Crippen LogP contribution in [0.1, 0.15) is 5.69 Å². The van der Waals surface area contributed by atoms with E-state index in [0.717, 1.165) is 0 Å². The highest BCUT2D eigenvalue weighted by molar-refractivity contribution is 7.89. The Morgan fingerprint density at radius 1 is 1.53 bits per heavy atom. The number of nitriles is 1. The zero-order valence-electron chi connectivity index (χ0n) is 9.71. The zero-order chi connectivity index (χ0) is 14.3. The quantitative estimate of drug-likeness (QED) is 0.739. The molecule has 0 fully saturated rings. The first-order valence-electron chi connectivity index (χ1n) is 5.18. The summed E-state index contributed by atoms with van der Waals surface area (Å²) in [5.74, 6) is 0. The molecule has 0 saturated carbocycles. The molecule has 0 amide bonds. The van der Waals surface area contributed by atoms with Gasteiger partial charge in [-0.15, -0.1) is 0 Å². The van der Waals surface area contributed by atoms with E-state index in [9.17, 15) is 17.2 Å². The lowest BCUT2D eigenvalue weighted by Crippen LogP contribution is -2.28. The maximum absolute atomic E-state index is 11.8. The highest BCUT2D eigenvalue weighted by Crippen LogP contribution is 2.11. The molecule has 1 heterocycles. The smallest absolute Gasteiger partial charge is 0.261 e. The molecule has 1 N–H and O–H groups in total. The van der Waals surface area contributed by atoms with Gasteiger partial charge in [0.1, 0.15) is 17.6 Å². The number of sulfonamides is 1. The fourth-order valence-corrected chi connectivity index (χ4v) is 2.31. The van der Waals surface area contributed by atoms with Crippen molar-refractivity contribution in [1.29, 1.82) is 5.26 Å². The fraction of sp³-hybridized carbons (Fsp3) is 0.400. The summed E-state index contributed by atoms with van der Waals surface area (Å²) in [5.41, 5.74) is -0.233. The Morgan fingerprint density at radius 3 is 2.89 bits per heavy atom. The first kappa shape index (κ1) is 15.4. The Bertz CT molecular complexity index is 557. The van der Waals surface area contributed by atoms with E-state index in [4.69, 9.17) is 5.26 Å². The number of rotatable bonds is 7. The van der Waals surface area contributed by atoms with E-state index >= 15 is 0 Å². The predicted molar refractivity (Wildman–Crippen MR) is 61.0 cm³/mol. The van der Waals surface area contributed by atoms with E-state index in [-0.39, 0.29) is 23.7 Å². The van der Waals surface area contributed by atoms with E-state index in [1.807, 2.05) is 0 Å². The van der Waals surface area contributed by atoms with Crippen molar-refractivity contribution in [2.24, 2.45) is 0 Å². The van der Waals surface area contributed by atoms with Gasteiger partial charge in [-0.1, -0.05) is 0 Å². The second-order valence-electron chi connectivity index (χ2n) is 3.33. The van der Waals surface area contributed by atoms with Crippen LogP contribution in [0.25, 0.3) is 0 Å². The molecule has 0 unspecified atom stereocenters. The Morgan fingerprint density at radius 2 is 2.26 bits per heavy atom. The van der Waals surface area contributed by atoms with Crippen LogP contribution in [0.2, 0.25) is 0 Å². The Hall–Kier alpha value is -1.63. The summed E-state index contributed by atoms with van der Waals surface area (Å²) in [6, 6.07) is 4.27. The van der Waals surface area contributed by atoms with Crippen LogP contribution in [0.15, 0.2) is 23.2 Å². The maximum atomic E-state index is 11.8. The van der Waals surface area contributed by atoms with Crippen molar-refractivity contribution < 1.29 is 21.9 Å². The van der Waals surface area contributed by atoms with Crippen LogP contribution in [-0.4, -0.2) is 39.6 Å². The minimum Gasteiger partial charge on any atom is -0.374 e. The van der Waals surface area contributed by atoms with Gasteiger partial charge in [0.25, 0.3) is 6.43 Å². The van der Waals surface area contributed by atoms with Gasteiger partial charge in [0.2, 0.25) is 10.0 Å². The monoisotopic (exact) mass is 291 g/mol. The third-order valence-corrected chi connectivity index (χ3v) is 3.44. The van der Waals surface area contributed by atoms with Gasteiger partial charge in [0.05, 0.1) is 6.61 Å². The predicted octanol–water partition coefficient (Wildman–Crippen LogP) is 0.513. The average molecular weight is 291 g/mol. The van der Waals surface area contributed by atoms with E-state index < -0.39 is 23.1 Å². The van der Waals surface area contributed by atoms with Crippen molar-refractivity contribution in [3.8, 4) is 6.07 Å². The van der Waals surface area contributed by atoms with Crippen LogP contribution in [-0.2, 0) is 14.8 Å². The highest BCUT2D eigenvalue weighted by atomic mass is 32.2. The number of pyridine rings is 1. The third kappa shape index (κ3) is 4.86. The number of hydrogen-bond acceptors (Lipinski definition) is 5. The molecule has 0 radical (unpaired) electrons. The van der Waals surface area contributed by atoms with Crippen molar-refractivity contribution in [1.82, 2.24) is 9.71 Å². The van der Waals surface area contributed by atoms with E-state index in [1.54, 1.807) is 6.07 Å². The molecule has 0 aliphatic carbocycles. The molecular formula is C10H11F2N3O3S. The summed E-state index contributed by atoms with van der Waals surface area (Å²) < 4.78 is 53.8. The van der Waals surface area contributed by atoms with Crippen molar-refractivity contribution in [2.75, 3.05) is 19.8 Å². The number of nitrogens with one attached hydrogen (secondary N) is 1. The molecule has 1 aromatic rings. The maximum Gasteiger partial charge on any atom is 0.261 e. The molecule has 0 saturated heterocycles. The molecule has 0 spiro atoms. The minimum atomic E-state index is -3.91. The summed E-state index contributed by atoms with van der Waals surface area (Å²) in [5, 5.41) is 8.74. The lowest BCUT2D eigenvalue weighted by atomic mass is 10.4. The van der Waals surface area contributed by atoms with Gasteiger partial charge in [0, 0.05) is 12.7 Å². The van der Waals surface area contributed by atoms with Crippen molar-refractivity contribution in [2.45, 2.75) is 11.3 Å². The minimum absolute atomic E-state index is 0.172. The van der Waals surface area contributed by atoms with E-state index in [1.165, 1.54) is 18.3 Å². The molecule has 1 rings (SSSR count). The number of hydrogen-bond donors (Lipinski definition) is 1. The fourth-order valence-electron chi connectivity index (χ4n) is 1.19. The molecule has 0 aliphatic heterocycles. The van der Waals surface area contributed by atoms with Gasteiger partial charge >= 0.3 is 0 Å². The lowest BCUT2D eigenvalue weighted by Gasteiger charge is -2.07. The van der Waals surface area contributed by atoms with Gasteiger partial charge in [-0.05, 0) is 12.1 Å². The topological polar surface area (TPSA) is 92.1 Å². The molecule has 19 heavy (non-hydrogen) atoms. The Labute approximate surface area is 109 Å². The Kier molecular flexibility index (Phi) is 5.75. The second-order valence-corrected chi connectivity index (χ2v) is 5.06. The average Bonchev–Trinajstić information content (AvgIpc) is 2.37. The number of halogens is 2. The van der Waals surface area contributed by atoms with Crippen LogP contribution in [0.4, 0.5) is 8.78 Å². The van der Waals surface area contributed by atoms with Crippen LogP contribution in [0, 0.1) is 11.3 Å². The molecule has 6 nitrogen and oxygen atoms in total. The number of aromatic nitrogens is 1. The third-order valence-electron chi connectivity index (χ3n) is 1.95.